The van der Waals surface area contributed by atoms with E-state index in [0.717, 1.165) is 23.5 Å². The number of carboxylic acid groups (broad SMARTS) is 1. The average Bonchev–Trinajstić information content (AvgIpc) is 2.60. The van der Waals surface area contributed by atoms with Gasteiger partial charge in [0.05, 0.1) is 0 Å². The number of ether oxygens (including phenoxy) is 1. The Labute approximate surface area is 147 Å². The number of para-hydroxylation sites is 1. The van der Waals surface area contributed by atoms with Crippen LogP contribution in [0.4, 0.5) is 0 Å². The van der Waals surface area contributed by atoms with E-state index in [-0.39, 0.29) is 12.5 Å². The van der Waals surface area contributed by atoms with Gasteiger partial charge in [0.15, 0.2) is 6.61 Å². The molecule has 0 aromatic heterocycles. The molecule has 24 heavy (non-hydrogen) atoms. The Balaban J connectivity index is 1.99. The maximum absolute atomic E-state index is 12.2. The molecule has 1 heterocycles. The highest BCUT2D eigenvalue weighted by Crippen LogP contribution is 2.29. The van der Waals surface area contributed by atoms with Crippen LogP contribution >= 0.6 is 11.8 Å². The van der Waals surface area contributed by atoms with Crippen LogP contribution in [0.5, 0.6) is 5.75 Å². The lowest BCUT2D eigenvalue weighted by molar-refractivity contribution is -0.148. The zero-order valence-electron chi connectivity index (χ0n) is 14.2. The minimum absolute atomic E-state index is 0.171. The summed E-state index contributed by atoms with van der Waals surface area (Å²) in [5, 5.41) is 12.2. The first-order valence-corrected chi connectivity index (χ1v) is 9.48. The molecule has 0 aliphatic carbocycles. The van der Waals surface area contributed by atoms with E-state index >= 15 is 0 Å². The van der Waals surface area contributed by atoms with Crippen LogP contribution in [0.3, 0.4) is 0 Å². The topological polar surface area (TPSA) is 75.6 Å². The van der Waals surface area contributed by atoms with Gasteiger partial charge in [-0.1, -0.05) is 32.0 Å². The van der Waals surface area contributed by atoms with Crippen molar-refractivity contribution < 1.29 is 19.4 Å². The Kier molecular flexibility index (Phi) is 6.54. The van der Waals surface area contributed by atoms with Crippen LogP contribution in [-0.4, -0.2) is 40.6 Å². The van der Waals surface area contributed by atoms with E-state index in [0.29, 0.717) is 24.5 Å². The molecule has 1 aromatic carbocycles. The lowest BCUT2D eigenvalue weighted by Gasteiger charge is -2.33. The molecule has 2 N–H and O–H groups in total. The average molecular weight is 351 g/mol. The molecule has 1 fully saturated rings. The summed E-state index contributed by atoms with van der Waals surface area (Å²) in [7, 11) is 0. The quantitative estimate of drug-likeness (QED) is 0.790. The highest BCUT2D eigenvalue weighted by atomic mass is 32.2. The third kappa shape index (κ3) is 4.44. The summed E-state index contributed by atoms with van der Waals surface area (Å²) in [6.07, 6.45) is 1.87. The number of thioether (sulfide) groups is 1. The van der Waals surface area contributed by atoms with E-state index < -0.39 is 11.5 Å². The Morgan fingerprint density at radius 3 is 2.62 bits per heavy atom. The molecule has 2 rings (SSSR count). The fraction of sp³-hybridized carbons (Fsp3) is 0.556. The third-order valence-electron chi connectivity index (χ3n) is 4.56. The molecule has 1 aliphatic rings. The molecule has 1 unspecified atom stereocenters. The van der Waals surface area contributed by atoms with Gasteiger partial charge in [-0.2, -0.15) is 11.8 Å². The lowest BCUT2D eigenvalue weighted by Crippen LogP contribution is -2.57. The largest absolute Gasteiger partial charge is 0.483 e. The van der Waals surface area contributed by atoms with Crippen molar-refractivity contribution in [2.24, 2.45) is 0 Å². The zero-order valence-corrected chi connectivity index (χ0v) is 15.0. The molecule has 1 aliphatic heterocycles. The second kappa shape index (κ2) is 8.42. The van der Waals surface area contributed by atoms with Gasteiger partial charge in [0.1, 0.15) is 11.3 Å². The minimum atomic E-state index is -1.15. The molecule has 1 aromatic rings. The predicted molar refractivity (Wildman–Crippen MR) is 95.7 cm³/mol. The smallest absolute Gasteiger partial charge is 0.329 e. The molecule has 6 heteroatoms. The predicted octanol–water partition coefficient (Wildman–Crippen LogP) is 3.05. The van der Waals surface area contributed by atoms with Crippen molar-refractivity contribution in [2.45, 2.75) is 44.6 Å². The summed E-state index contributed by atoms with van der Waals surface area (Å²) in [5.41, 5.74) is -0.0862. The number of rotatable bonds is 7. The second-order valence-electron chi connectivity index (χ2n) is 6.18. The molecule has 0 spiro atoms. The number of carbonyl (C=O) groups excluding carboxylic acids is 1. The molecule has 1 saturated heterocycles. The fourth-order valence-corrected chi connectivity index (χ4v) is 3.99. The summed E-state index contributed by atoms with van der Waals surface area (Å²) in [6, 6.07) is 7.67. The number of carbonyl (C=O) groups is 2. The Morgan fingerprint density at radius 2 is 2.00 bits per heavy atom. The maximum atomic E-state index is 12.2. The van der Waals surface area contributed by atoms with Crippen molar-refractivity contribution in [2.75, 3.05) is 18.1 Å². The monoisotopic (exact) mass is 351 g/mol. The lowest BCUT2D eigenvalue weighted by atomic mass is 9.92. The molecule has 1 atom stereocenters. The van der Waals surface area contributed by atoms with Crippen LogP contribution < -0.4 is 10.1 Å². The molecule has 132 valence electrons. The highest BCUT2D eigenvalue weighted by molar-refractivity contribution is 7.99. The number of hydrogen-bond acceptors (Lipinski definition) is 4. The molecule has 1 amide bonds. The molecule has 0 radical (unpaired) electrons. The standard InChI is InChI=1S/C18H25NO4S/c1-3-13(2)14-6-4-5-7-15(14)23-12-16(20)19-18(17(21)22)8-10-24-11-9-18/h4-7,13H,3,8-12H2,1-2H3,(H,19,20)(H,21,22). The Bertz CT molecular complexity index is 584. The fourth-order valence-electron chi connectivity index (χ4n) is 2.80. The van der Waals surface area contributed by atoms with E-state index in [1.54, 1.807) is 11.8 Å². The van der Waals surface area contributed by atoms with E-state index in [2.05, 4.69) is 19.2 Å². The molecule has 5 nitrogen and oxygen atoms in total. The van der Waals surface area contributed by atoms with Crippen LogP contribution in [0, 0.1) is 0 Å². The van der Waals surface area contributed by atoms with Crippen LogP contribution in [-0.2, 0) is 9.59 Å². The van der Waals surface area contributed by atoms with Gasteiger partial charge in [0.25, 0.3) is 5.91 Å². The first-order valence-electron chi connectivity index (χ1n) is 8.32. The van der Waals surface area contributed by atoms with E-state index in [9.17, 15) is 14.7 Å². The second-order valence-corrected chi connectivity index (χ2v) is 7.41. The first kappa shape index (κ1) is 18.6. The zero-order chi connectivity index (χ0) is 17.6. The van der Waals surface area contributed by atoms with Crippen molar-refractivity contribution in [3.63, 3.8) is 0 Å². The SMILES string of the molecule is CCC(C)c1ccccc1OCC(=O)NC1(C(=O)O)CCSCC1. The van der Waals surface area contributed by atoms with E-state index in [1.165, 1.54) is 0 Å². The van der Waals surface area contributed by atoms with Gasteiger partial charge in [-0.25, -0.2) is 4.79 Å². The van der Waals surface area contributed by atoms with Gasteiger partial charge in [-0.15, -0.1) is 0 Å². The Morgan fingerprint density at radius 1 is 1.33 bits per heavy atom. The minimum Gasteiger partial charge on any atom is -0.483 e. The van der Waals surface area contributed by atoms with Gasteiger partial charge >= 0.3 is 5.97 Å². The normalized spacial score (nSPS) is 17.8. The summed E-state index contributed by atoms with van der Waals surface area (Å²) in [5.74, 6) is 1.16. The molecular weight excluding hydrogens is 326 g/mol. The summed E-state index contributed by atoms with van der Waals surface area (Å²) >= 11 is 1.71. The van der Waals surface area contributed by atoms with Gasteiger partial charge in [-0.05, 0) is 48.3 Å². The summed E-state index contributed by atoms with van der Waals surface area (Å²) < 4.78 is 5.68. The number of aliphatic carboxylic acids is 1. The number of nitrogens with one attached hydrogen (secondary N) is 1. The summed E-state index contributed by atoms with van der Waals surface area (Å²) in [6.45, 7) is 4.04. The van der Waals surface area contributed by atoms with E-state index in [1.807, 2.05) is 24.3 Å². The van der Waals surface area contributed by atoms with Crippen molar-refractivity contribution in [3.8, 4) is 5.75 Å². The van der Waals surface area contributed by atoms with Crippen molar-refractivity contribution in [3.05, 3.63) is 29.8 Å². The van der Waals surface area contributed by atoms with Crippen molar-refractivity contribution in [1.82, 2.24) is 5.32 Å². The molecular formula is C18H25NO4S. The van der Waals surface area contributed by atoms with Gasteiger partial charge in [-0.3, -0.25) is 4.79 Å². The molecule has 0 saturated carbocycles. The third-order valence-corrected chi connectivity index (χ3v) is 5.54. The van der Waals surface area contributed by atoms with Crippen molar-refractivity contribution >= 4 is 23.6 Å². The van der Waals surface area contributed by atoms with Gasteiger partial charge < -0.3 is 15.2 Å². The number of hydrogen-bond donors (Lipinski definition) is 2. The van der Waals surface area contributed by atoms with Crippen LogP contribution in [0.25, 0.3) is 0 Å². The van der Waals surface area contributed by atoms with Gasteiger partial charge in [0.2, 0.25) is 0 Å². The van der Waals surface area contributed by atoms with Crippen LogP contribution in [0.2, 0.25) is 0 Å². The summed E-state index contributed by atoms with van der Waals surface area (Å²) in [4.78, 5) is 23.8. The molecule has 0 bridgehead atoms. The number of amides is 1. The number of carboxylic acids is 1. The van der Waals surface area contributed by atoms with Gasteiger partial charge in [0, 0.05) is 0 Å². The number of benzene rings is 1. The van der Waals surface area contributed by atoms with E-state index in [4.69, 9.17) is 4.74 Å². The van der Waals surface area contributed by atoms with Crippen molar-refractivity contribution in [1.29, 1.82) is 0 Å². The Hall–Kier alpha value is -1.69. The van der Waals surface area contributed by atoms with Crippen LogP contribution in [0.15, 0.2) is 24.3 Å². The van der Waals surface area contributed by atoms with Crippen LogP contribution in [0.1, 0.15) is 44.6 Å². The first-order chi connectivity index (χ1) is 11.5. The highest BCUT2D eigenvalue weighted by Gasteiger charge is 2.41. The maximum Gasteiger partial charge on any atom is 0.329 e.